The Kier molecular flexibility index (Phi) is 5.74. The van der Waals surface area contributed by atoms with E-state index in [0.29, 0.717) is 18.5 Å². The lowest BCUT2D eigenvalue weighted by Gasteiger charge is -2.07. The van der Waals surface area contributed by atoms with Crippen molar-refractivity contribution in [1.29, 1.82) is 0 Å². The van der Waals surface area contributed by atoms with Crippen molar-refractivity contribution < 1.29 is 19.4 Å². The van der Waals surface area contributed by atoms with Crippen LogP contribution in [-0.4, -0.2) is 24.1 Å². The monoisotopic (exact) mass is 313 g/mol. The molecule has 120 valence electrons. The number of amides is 1. The maximum absolute atomic E-state index is 12.1. The number of nitrogens with one attached hydrogen (secondary N) is 1. The van der Waals surface area contributed by atoms with Crippen LogP contribution in [0, 0.1) is 0 Å². The topological polar surface area (TPSA) is 75.6 Å². The second kappa shape index (κ2) is 7.98. The molecule has 0 heterocycles. The van der Waals surface area contributed by atoms with Gasteiger partial charge in [0.2, 0.25) is 0 Å². The molecule has 5 nitrogen and oxygen atoms in total. The van der Waals surface area contributed by atoms with Crippen molar-refractivity contribution >= 4 is 11.9 Å². The zero-order valence-corrected chi connectivity index (χ0v) is 12.9. The lowest BCUT2D eigenvalue weighted by atomic mass is 10.1. The standard InChI is InChI=1S/C18H19NO4/c1-23-16-9-4-14(5-10-16)12-19-18(22)15-7-2-13(3-8-15)6-11-17(20)21/h2-5,7-10H,6,11-12H2,1H3,(H,19,22)(H,20,21). The zero-order chi connectivity index (χ0) is 16.7. The fourth-order valence-corrected chi connectivity index (χ4v) is 2.10. The van der Waals surface area contributed by atoms with Gasteiger partial charge in [0, 0.05) is 18.5 Å². The maximum Gasteiger partial charge on any atom is 0.303 e. The summed E-state index contributed by atoms with van der Waals surface area (Å²) in [6.07, 6.45) is 0.548. The van der Waals surface area contributed by atoms with Crippen molar-refractivity contribution in [2.24, 2.45) is 0 Å². The number of carbonyl (C=O) groups excluding carboxylic acids is 1. The van der Waals surface area contributed by atoms with Crippen LogP contribution < -0.4 is 10.1 Å². The smallest absolute Gasteiger partial charge is 0.303 e. The minimum absolute atomic E-state index is 0.0863. The molecule has 2 aromatic rings. The molecular weight excluding hydrogens is 294 g/mol. The predicted molar refractivity (Wildman–Crippen MR) is 86.6 cm³/mol. The molecule has 0 bridgehead atoms. The van der Waals surface area contributed by atoms with Crippen LogP contribution in [0.25, 0.3) is 0 Å². The normalized spacial score (nSPS) is 10.1. The molecular formula is C18H19NO4. The summed E-state index contributed by atoms with van der Waals surface area (Å²) in [6.45, 7) is 0.434. The quantitative estimate of drug-likeness (QED) is 0.824. The Hall–Kier alpha value is -2.82. The third kappa shape index (κ3) is 5.14. The van der Waals surface area contributed by atoms with Crippen LogP contribution in [0.1, 0.15) is 27.9 Å². The Balaban J connectivity index is 1.88. The van der Waals surface area contributed by atoms with Gasteiger partial charge in [-0.25, -0.2) is 0 Å². The summed E-state index contributed by atoms with van der Waals surface area (Å²) >= 11 is 0. The van der Waals surface area contributed by atoms with E-state index in [-0.39, 0.29) is 12.3 Å². The summed E-state index contributed by atoms with van der Waals surface area (Å²) in [4.78, 5) is 22.6. The number of aliphatic carboxylic acids is 1. The highest BCUT2D eigenvalue weighted by molar-refractivity contribution is 5.94. The van der Waals surface area contributed by atoms with Crippen LogP contribution in [0.15, 0.2) is 48.5 Å². The summed E-state index contributed by atoms with van der Waals surface area (Å²) in [6, 6.07) is 14.5. The first-order valence-corrected chi connectivity index (χ1v) is 7.30. The van der Waals surface area contributed by atoms with Gasteiger partial charge in [-0.3, -0.25) is 9.59 Å². The van der Waals surface area contributed by atoms with E-state index >= 15 is 0 Å². The van der Waals surface area contributed by atoms with Gasteiger partial charge in [-0.15, -0.1) is 0 Å². The highest BCUT2D eigenvalue weighted by Crippen LogP contribution is 2.11. The number of carboxylic acid groups (broad SMARTS) is 1. The van der Waals surface area contributed by atoms with Crippen LogP contribution >= 0.6 is 0 Å². The van der Waals surface area contributed by atoms with E-state index in [2.05, 4.69) is 5.32 Å². The molecule has 5 heteroatoms. The number of aryl methyl sites for hydroxylation is 1. The third-order valence-corrected chi connectivity index (χ3v) is 3.46. The lowest BCUT2D eigenvalue weighted by molar-refractivity contribution is -0.136. The third-order valence-electron chi connectivity index (χ3n) is 3.46. The van der Waals surface area contributed by atoms with Gasteiger partial charge in [0.25, 0.3) is 5.91 Å². The van der Waals surface area contributed by atoms with Crippen molar-refractivity contribution in [3.8, 4) is 5.75 Å². The predicted octanol–water partition coefficient (Wildman–Crippen LogP) is 2.64. The first-order valence-electron chi connectivity index (χ1n) is 7.30. The molecule has 0 aliphatic rings. The summed E-state index contributed by atoms with van der Waals surface area (Å²) in [5.41, 5.74) is 2.44. The molecule has 0 radical (unpaired) electrons. The molecule has 0 fully saturated rings. The van der Waals surface area contributed by atoms with E-state index in [1.54, 1.807) is 31.4 Å². The van der Waals surface area contributed by atoms with Gasteiger partial charge in [0.1, 0.15) is 5.75 Å². The number of hydrogen-bond donors (Lipinski definition) is 2. The van der Waals surface area contributed by atoms with Crippen LogP contribution in [-0.2, 0) is 17.8 Å². The van der Waals surface area contributed by atoms with Crippen LogP contribution in [0.2, 0.25) is 0 Å². The fraction of sp³-hybridized carbons (Fsp3) is 0.222. The Morgan fingerprint density at radius 2 is 1.61 bits per heavy atom. The van der Waals surface area contributed by atoms with Gasteiger partial charge in [-0.2, -0.15) is 0 Å². The molecule has 0 atom stereocenters. The number of hydrogen-bond acceptors (Lipinski definition) is 3. The summed E-state index contributed by atoms with van der Waals surface area (Å²) in [5, 5.41) is 11.5. The van der Waals surface area contributed by atoms with Gasteiger partial charge in [-0.1, -0.05) is 24.3 Å². The number of ether oxygens (including phenoxy) is 1. The largest absolute Gasteiger partial charge is 0.497 e. The van der Waals surface area contributed by atoms with Crippen molar-refractivity contribution in [2.75, 3.05) is 7.11 Å². The van der Waals surface area contributed by atoms with E-state index in [1.165, 1.54) is 0 Å². The minimum atomic E-state index is -0.827. The molecule has 0 saturated heterocycles. The second-order valence-corrected chi connectivity index (χ2v) is 5.12. The Bertz CT molecular complexity index is 662. The Morgan fingerprint density at radius 3 is 2.17 bits per heavy atom. The molecule has 0 saturated carbocycles. The fourth-order valence-electron chi connectivity index (χ4n) is 2.10. The molecule has 2 aromatic carbocycles. The molecule has 0 unspecified atom stereocenters. The second-order valence-electron chi connectivity index (χ2n) is 5.12. The maximum atomic E-state index is 12.1. The number of rotatable bonds is 7. The van der Waals surface area contributed by atoms with Gasteiger partial charge in [0.15, 0.2) is 0 Å². The Morgan fingerprint density at radius 1 is 1.00 bits per heavy atom. The zero-order valence-electron chi connectivity index (χ0n) is 12.9. The molecule has 0 aromatic heterocycles. The molecule has 23 heavy (non-hydrogen) atoms. The number of methoxy groups -OCH3 is 1. The Labute approximate surface area is 134 Å². The number of carbonyl (C=O) groups is 2. The van der Waals surface area contributed by atoms with E-state index in [1.807, 2.05) is 24.3 Å². The van der Waals surface area contributed by atoms with Gasteiger partial charge >= 0.3 is 5.97 Å². The van der Waals surface area contributed by atoms with E-state index < -0.39 is 5.97 Å². The van der Waals surface area contributed by atoms with Crippen molar-refractivity contribution in [2.45, 2.75) is 19.4 Å². The molecule has 1 amide bonds. The first kappa shape index (κ1) is 16.5. The number of carboxylic acids is 1. The highest BCUT2D eigenvalue weighted by Gasteiger charge is 2.06. The lowest BCUT2D eigenvalue weighted by Crippen LogP contribution is -2.22. The van der Waals surface area contributed by atoms with Crippen molar-refractivity contribution in [3.63, 3.8) is 0 Å². The van der Waals surface area contributed by atoms with Gasteiger partial charge in [0.05, 0.1) is 7.11 Å². The van der Waals surface area contributed by atoms with Crippen LogP contribution in [0.4, 0.5) is 0 Å². The average Bonchev–Trinajstić information content (AvgIpc) is 2.58. The van der Waals surface area contributed by atoms with Crippen molar-refractivity contribution in [1.82, 2.24) is 5.32 Å². The molecule has 0 aliphatic carbocycles. The SMILES string of the molecule is COc1ccc(CNC(=O)c2ccc(CCC(=O)O)cc2)cc1. The first-order chi connectivity index (χ1) is 11.1. The van der Waals surface area contributed by atoms with Crippen LogP contribution in [0.3, 0.4) is 0 Å². The summed E-state index contributed by atoms with van der Waals surface area (Å²) in [7, 11) is 1.61. The van der Waals surface area contributed by atoms with E-state index in [9.17, 15) is 9.59 Å². The number of benzene rings is 2. The summed E-state index contributed by atoms with van der Waals surface area (Å²) < 4.78 is 5.09. The molecule has 2 rings (SSSR count). The van der Waals surface area contributed by atoms with E-state index in [0.717, 1.165) is 16.9 Å². The van der Waals surface area contributed by atoms with Gasteiger partial charge in [-0.05, 0) is 41.8 Å². The minimum Gasteiger partial charge on any atom is -0.497 e. The molecule has 0 spiro atoms. The van der Waals surface area contributed by atoms with Crippen molar-refractivity contribution in [3.05, 3.63) is 65.2 Å². The van der Waals surface area contributed by atoms with Crippen LogP contribution in [0.5, 0.6) is 5.75 Å². The molecule has 0 aliphatic heterocycles. The van der Waals surface area contributed by atoms with Gasteiger partial charge < -0.3 is 15.2 Å². The average molecular weight is 313 g/mol. The highest BCUT2D eigenvalue weighted by atomic mass is 16.5. The van der Waals surface area contributed by atoms with E-state index in [4.69, 9.17) is 9.84 Å². The summed E-state index contributed by atoms with van der Waals surface area (Å²) in [5.74, 6) is -0.214. The molecule has 2 N–H and O–H groups in total.